The van der Waals surface area contributed by atoms with Gasteiger partial charge in [-0.1, -0.05) is 18.2 Å². The minimum Gasteiger partial charge on any atom is -0.339 e. The topological polar surface area (TPSA) is 70.6 Å². The molecule has 1 amide bonds. The molecular formula is C22H27N3O3S. The highest BCUT2D eigenvalue weighted by Gasteiger charge is 2.33. The zero-order chi connectivity index (χ0) is 20.4. The Hall–Kier alpha value is -2.25. The summed E-state index contributed by atoms with van der Waals surface area (Å²) in [5, 5.41) is 0. The molecule has 3 heterocycles. The number of nitrogens with zero attached hydrogens (tertiary/aromatic N) is 3. The van der Waals surface area contributed by atoms with Crippen molar-refractivity contribution in [3.05, 3.63) is 59.4 Å². The number of carbonyl (C=O) groups is 1. The summed E-state index contributed by atoms with van der Waals surface area (Å²) in [5.74, 6) is 0.156. The Bertz CT molecular complexity index is 978. The van der Waals surface area contributed by atoms with Gasteiger partial charge >= 0.3 is 0 Å². The number of piperidine rings is 1. The van der Waals surface area contributed by atoms with Crippen molar-refractivity contribution >= 4 is 15.9 Å². The number of rotatable bonds is 4. The van der Waals surface area contributed by atoms with Crippen molar-refractivity contribution in [2.75, 3.05) is 26.2 Å². The zero-order valence-electron chi connectivity index (χ0n) is 16.8. The van der Waals surface area contributed by atoms with Gasteiger partial charge < -0.3 is 4.90 Å². The van der Waals surface area contributed by atoms with Gasteiger partial charge in [0, 0.05) is 37.8 Å². The lowest BCUT2D eigenvalue weighted by Gasteiger charge is -2.32. The molecule has 0 unspecified atom stereocenters. The number of benzene rings is 1. The average molecular weight is 414 g/mol. The SMILES string of the molecule is Cc1ccc(C(=O)N2CCCC2)c(C2CCN(S(=O)(=O)c3ccccc3)CC2)n1. The Kier molecular flexibility index (Phi) is 5.69. The van der Waals surface area contributed by atoms with Crippen LogP contribution < -0.4 is 0 Å². The van der Waals surface area contributed by atoms with Crippen LogP contribution in [-0.2, 0) is 10.0 Å². The van der Waals surface area contributed by atoms with Crippen LogP contribution >= 0.6 is 0 Å². The predicted octanol–water partition coefficient (Wildman–Crippen LogP) is 3.19. The highest BCUT2D eigenvalue weighted by molar-refractivity contribution is 7.89. The van der Waals surface area contributed by atoms with Crippen molar-refractivity contribution in [2.24, 2.45) is 0 Å². The number of hydrogen-bond acceptors (Lipinski definition) is 4. The molecule has 2 saturated heterocycles. The molecule has 1 aromatic carbocycles. The number of pyridine rings is 1. The van der Waals surface area contributed by atoms with E-state index in [9.17, 15) is 13.2 Å². The maximum absolute atomic E-state index is 13.0. The van der Waals surface area contributed by atoms with Gasteiger partial charge in [-0.25, -0.2) is 8.42 Å². The monoisotopic (exact) mass is 413 g/mol. The van der Waals surface area contributed by atoms with Crippen LogP contribution in [0.25, 0.3) is 0 Å². The fourth-order valence-corrected chi connectivity index (χ4v) is 5.76. The summed E-state index contributed by atoms with van der Waals surface area (Å²) in [6.07, 6.45) is 3.44. The standard InChI is InChI=1S/C22H27N3O3S/c1-17-9-10-20(22(26)24-13-5-6-14-24)21(23-17)18-11-15-25(16-12-18)29(27,28)19-7-3-2-4-8-19/h2-4,7-10,18H,5-6,11-16H2,1H3. The normalized spacial score (nSPS) is 18.9. The second kappa shape index (κ2) is 8.24. The average Bonchev–Trinajstić information content (AvgIpc) is 3.29. The molecule has 0 spiro atoms. The minimum absolute atomic E-state index is 0.0596. The summed E-state index contributed by atoms with van der Waals surface area (Å²) >= 11 is 0. The van der Waals surface area contributed by atoms with Crippen LogP contribution in [0.4, 0.5) is 0 Å². The molecule has 2 fully saturated rings. The quantitative estimate of drug-likeness (QED) is 0.772. The summed E-state index contributed by atoms with van der Waals surface area (Å²) in [6.45, 7) is 4.42. The second-order valence-electron chi connectivity index (χ2n) is 7.88. The maximum atomic E-state index is 13.0. The van der Waals surface area contributed by atoms with Gasteiger partial charge in [-0.05, 0) is 56.9 Å². The van der Waals surface area contributed by atoms with E-state index < -0.39 is 10.0 Å². The van der Waals surface area contributed by atoms with Crippen molar-refractivity contribution in [3.63, 3.8) is 0 Å². The lowest BCUT2D eigenvalue weighted by atomic mass is 9.90. The zero-order valence-corrected chi connectivity index (χ0v) is 17.6. The van der Waals surface area contributed by atoms with Gasteiger partial charge in [-0.15, -0.1) is 0 Å². The van der Waals surface area contributed by atoms with Gasteiger partial charge in [0.25, 0.3) is 5.91 Å². The smallest absolute Gasteiger partial charge is 0.255 e. The summed E-state index contributed by atoms with van der Waals surface area (Å²) < 4.78 is 27.3. The first-order valence-electron chi connectivity index (χ1n) is 10.3. The molecule has 29 heavy (non-hydrogen) atoms. The van der Waals surface area contributed by atoms with Gasteiger partial charge in [-0.2, -0.15) is 4.31 Å². The molecular weight excluding hydrogens is 386 g/mol. The molecule has 0 aliphatic carbocycles. The summed E-state index contributed by atoms with van der Waals surface area (Å²) in [7, 11) is -3.48. The second-order valence-corrected chi connectivity index (χ2v) is 9.81. The van der Waals surface area contributed by atoms with Gasteiger partial charge in [0.15, 0.2) is 0 Å². The lowest BCUT2D eigenvalue weighted by molar-refractivity contribution is 0.0790. The number of aryl methyl sites for hydroxylation is 1. The van der Waals surface area contributed by atoms with Crippen LogP contribution in [0, 0.1) is 6.92 Å². The van der Waals surface area contributed by atoms with Crippen LogP contribution in [0.1, 0.15) is 53.3 Å². The Balaban J connectivity index is 1.53. The molecule has 2 aliphatic heterocycles. The molecule has 2 aromatic rings. The highest BCUT2D eigenvalue weighted by atomic mass is 32.2. The Labute approximate surface area is 172 Å². The van der Waals surface area contributed by atoms with Gasteiger partial charge in [0.2, 0.25) is 10.0 Å². The Morgan fingerprint density at radius 1 is 0.966 bits per heavy atom. The summed E-state index contributed by atoms with van der Waals surface area (Å²) in [4.78, 5) is 20.0. The van der Waals surface area contributed by atoms with Gasteiger partial charge in [0.1, 0.15) is 0 Å². The van der Waals surface area contributed by atoms with E-state index in [1.165, 1.54) is 0 Å². The molecule has 0 radical (unpaired) electrons. The molecule has 6 nitrogen and oxygen atoms in total. The van der Waals surface area contributed by atoms with E-state index in [0.717, 1.165) is 37.3 Å². The first-order chi connectivity index (χ1) is 14.0. The molecule has 154 valence electrons. The third kappa shape index (κ3) is 4.07. The predicted molar refractivity (Wildman–Crippen MR) is 111 cm³/mol. The third-order valence-electron chi connectivity index (χ3n) is 5.91. The Morgan fingerprint density at radius 2 is 1.62 bits per heavy atom. The largest absolute Gasteiger partial charge is 0.339 e. The van der Waals surface area contributed by atoms with E-state index in [4.69, 9.17) is 4.98 Å². The van der Waals surface area contributed by atoms with E-state index in [0.29, 0.717) is 36.4 Å². The van der Waals surface area contributed by atoms with Crippen LogP contribution in [0.2, 0.25) is 0 Å². The van der Waals surface area contributed by atoms with E-state index in [1.807, 2.05) is 30.0 Å². The van der Waals surface area contributed by atoms with Crippen molar-refractivity contribution < 1.29 is 13.2 Å². The molecule has 7 heteroatoms. The molecule has 0 N–H and O–H groups in total. The molecule has 4 rings (SSSR count). The number of aromatic nitrogens is 1. The van der Waals surface area contributed by atoms with Crippen molar-refractivity contribution in [2.45, 2.75) is 43.4 Å². The van der Waals surface area contributed by atoms with Crippen molar-refractivity contribution in [1.82, 2.24) is 14.2 Å². The number of sulfonamides is 1. The van der Waals surface area contributed by atoms with Crippen LogP contribution in [0.5, 0.6) is 0 Å². The number of hydrogen-bond donors (Lipinski definition) is 0. The number of carbonyl (C=O) groups excluding carboxylic acids is 1. The van der Waals surface area contributed by atoms with Crippen LogP contribution in [0.15, 0.2) is 47.4 Å². The first-order valence-corrected chi connectivity index (χ1v) is 11.7. The lowest BCUT2D eigenvalue weighted by Crippen LogP contribution is -2.38. The first kappa shape index (κ1) is 20.0. The molecule has 0 bridgehead atoms. The molecule has 0 saturated carbocycles. The molecule has 1 aromatic heterocycles. The van der Waals surface area contributed by atoms with Crippen molar-refractivity contribution in [1.29, 1.82) is 0 Å². The van der Waals surface area contributed by atoms with E-state index in [1.54, 1.807) is 28.6 Å². The highest BCUT2D eigenvalue weighted by Crippen LogP contribution is 2.32. The molecule has 2 aliphatic rings. The minimum atomic E-state index is -3.48. The van der Waals surface area contributed by atoms with E-state index >= 15 is 0 Å². The van der Waals surface area contributed by atoms with Gasteiger partial charge in [-0.3, -0.25) is 9.78 Å². The Morgan fingerprint density at radius 3 is 2.28 bits per heavy atom. The van der Waals surface area contributed by atoms with Crippen LogP contribution in [-0.4, -0.2) is 54.7 Å². The van der Waals surface area contributed by atoms with E-state index in [2.05, 4.69) is 0 Å². The maximum Gasteiger partial charge on any atom is 0.255 e. The third-order valence-corrected chi connectivity index (χ3v) is 7.82. The van der Waals surface area contributed by atoms with Crippen LogP contribution in [0.3, 0.4) is 0 Å². The number of amides is 1. The fourth-order valence-electron chi connectivity index (χ4n) is 4.27. The fraction of sp³-hybridized carbons (Fsp3) is 0.455. The summed E-state index contributed by atoms with van der Waals surface area (Å²) in [6, 6.07) is 12.4. The summed E-state index contributed by atoms with van der Waals surface area (Å²) in [5.41, 5.74) is 2.40. The number of likely N-dealkylation sites (tertiary alicyclic amines) is 1. The van der Waals surface area contributed by atoms with E-state index in [-0.39, 0.29) is 11.8 Å². The molecule has 0 atom stereocenters. The van der Waals surface area contributed by atoms with Gasteiger partial charge in [0.05, 0.1) is 16.2 Å². The van der Waals surface area contributed by atoms with Crippen molar-refractivity contribution in [3.8, 4) is 0 Å².